The van der Waals surface area contributed by atoms with E-state index >= 15 is 0 Å². The third-order valence-corrected chi connectivity index (χ3v) is 9.27. The van der Waals surface area contributed by atoms with Crippen LogP contribution in [0.3, 0.4) is 0 Å². The molecule has 1 N–H and O–H groups in total. The number of thiazole rings is 1. The number of non-ortho nitro benzene ring substituents is 1. The smallest absolute Gasteiger partial charge is 0.270 e. The first-order valence-corrected chi connectivity index (χ1v) is 14.6. The molecular formula is C26H30N6O5S2. The zero-order valence-corrected chi connectivity index (χ0v) is 23.0. The van der Waals surface area contributed by atoms with Crippen LogP contribution in [0.5, 0.6) is 0 Å². The minimum absolute atomic E-state index is 0.0595. The van der Waals surface area contributed by atoms with Crippen molar-refractivity contribution >= 4 is 48.3 Å². The highest BCUT2D eigenvalue weighted by molar-refractivity contribution is 7.89. The van der Waals surface area contributed by atoms with Crippen molar-refractivity contribution < 1.29 is 18.1 Å². The molecule has 0 aliphatic carbocycles. The number of carbonyl (C=O) groups excluding carboxylic acids is 1. The highest BCUT2D eigenvalue weighted by atomic mass is 32.2. The first kappa shape index (κ1) is 28.4. The van der Waals surface area contributed by atoms with E-state index in [2.05, 4.69) is 33.3 Å². The SMILES string of the molecule is C=CCN(CC=C)S(=O)(=O)c1ccc(C(=O)NCCN2CCN(c3nc4ccc([N+](=O)[O-])cc4s3)CC2)cc1. The molecule has 1 aliphatic rings. The van der Waals surface area contributed by atoms with Gasteiger partial charge in [0.1, 0.15) is 0 Å². The Hall–Kier alpha value is -3.65. The summed E-state index contributed by atoms with van der Waals surface area (Å²) in [5.41, 5.74) is 1.19. The Labute approximate surface area is 231 Å². The summed E-state index contributed by atoms with van der Waals surface area (Å²) in [4.78, 5) is 32.4. The molecule has 206 valence electrons. The fourth-order valence-electron chi connectivity index (χ4n) is 4.23. The molecule has 0 spiro atoms. The van der Waals surface area contributed by atoms with E-state index in [4.69, 9.17) is 0 Å². The van der Waals surface area contributed by atoms with Crippen molar-refractivity contribution in [2.24, 2.45) is 0 Å². The number of amides is 1. The number of piperazine rings is 1. The van der Waals surface area contributed by atoms with Gasteiger partial charge in [0.2, 0.25) is 10.0 Å². The first-order chi connectivity index (χ1) is 18.7. The van der Waals surface area contributed by atoms with Crippen molar-refractivity contribution in [1.82, 2.24) is 19.5 Å². The van der Waals surface area contributed by atoms with E-state index in [1.54, 1.807) is 12.1 Å². The second kappa shape index (κ2) is 12.5. The molecule has 1 aromatic heterocycles. The van der Waals surface area contributed by atoms with E-state index in [-0.39, 0.29) is 29.6 Å². The molecule has 1 aliphatic heterocycles. The molecule has 2 heterocycles. The molecule has 11 nitrogen and oxygen atoms in total. The molecule has 39 heavy (non-hydrogen) atoms. The molecule has 0 saturated carbocycles. The van der Waals surface area contributed by atoms with E-state index < -0.39 is 14.9 Å². The van der Waals surface area contributed by atoms with Crippen LogP contribution in [0, 0.1) is 10.1 Å². The maximum atomic E-state index is 12.8. The van der Waals surface area contributed by atoms with Crippen LogP contribution in [0.4, 0.5) is 10.8 Å². The van der Waals surface area contributed by atoms with Crippen LogP contribution in [0.25, 0.3) is 10.2 Å². The number of nitro benzene ring substituents is 1. The number of benzene rings is 2. The first-order valence-electron chi connectivity index (χ1n) is 12.4. The van der Waals surface area contributed by atoms with Gasteiger partial charge in [0.05, 0.1) is 20.0 Å². The van der Waals surface area contributed by atoms with E-state index in [1.807, 2.05) is 0 Å². The number of nitrogens with zero attached hydrogens (tertiary/aromatic N) is 5. The van der Waals surface area contributed by atoms with E-state index in [9.17, 15) is 23.3 Å². The van der Waals surface area contributed by atoms with Gasteiger partial charge < -0.3 is 10.2 Å². The van der Waals surface area contributed by atoms with Crippen molar-refractivity contribution in [3.8, 4) is 0 Å². The lowest BCUT2D eigenvalue weighted by atomic mass is 10.2. The third kappa shape index (κ3) is 6.68. The van der Waals surface area contributed by atoms with Crippen LogP contribution in [0.15, 0.2) is 72.7 Å². The minimum atomic E-state index is -3.72. The summed E-state index contributed by atoms with van der Waals surface area (Å²) >= 11 is 1.45. The fraction of sp³-hybridized carbons (Fsp3) is 0.308. The van der Waals surface area contributed by atoms with Gasteiger partial charge in [-0.15, -0.1) is 13.2 Å². The maximum Gasteiger partial charge on any atom is 0.270 e. The van der Waals surface area contributed by atoms with Crippen molar-refractivity contribution in [3.63, 3.8) is 0 Å². The Morgan fingerprint density at radius 2 is 1.77 bits per heavy atom. The van der Waals surface area contributed by atoms with Gasteiger partial charge in [-0.2, -0.15) is 4.31 Å². The average molecular weight is 571 g/mol. The number of hydrogen-bond donors (Lipinski definition) is 1. The van der Waals surface area contributed by atoms with Crippen LogP contribution in [0.2, 0.25) is 0 Å². The second-order valence-corrected chi connectivity index (χ2v) is 11.9. The monoisotopic (exact) mass is 570 g/mol. The molecule has 1 amide bonds. The highest BCUT2D eigenvalue weighted by Crippen LogP contribution is 2.31. The highest BCUT2D eigenvalue weighted by Gasteiger charge is 2.23. The molecule has 2 aromatic carbocycles. The van der Waals surface area contributed by atoms with Gasteiger partial charge in [-0.05, 0) is 30.3 Å². The number of hydrogen-bond acceptors (Lipinski definition) is 9. The Morgan fingerprint density at radius 3 is 2.38 bits per heavy atom. The van der Waals surface area contributed by atoms with Gasteiger partial charge in [-0.25, -0.2) is 13.4 Å². The van der Waals surface area contributed by atoms with Gasteiger partial charge in [-0.1, -0.05) is 23.5 Å². The molecule has 1 fully saturated rings. The van der Waals surface area contributed by atoms with Crippen molar-refractivity contribution in [2.75, 3.05) is 57.3 Å². The maximum absolute atomic E-state index is 12.8. The van der Waals surface area contributed by atoms with Crippen molar-refractivity contribution in [3.05, 3.63) is 83.5 Å². The van der Waals surface area contributed by atoms with Gasteiger partial charge in [-0.3, -0.25) is 19.8 Å². The van der Waals surface area contributed by atoms with Gasteiger partial charge in [0, 0.05) is 70.1 Å². The van der Waals surface area contributed by atoms with E-state index in [0.29, 0.717) is 18.7 Å². The lowest BCUT2D eigenvalue weighted by molar-refractivity contribution is -0.384. The van der Waals surface area contributed by atoms with Gasteiger partial charge in [0.25, 0.3) is 11.6 Å². The topological polar surface area (TPSA) is 129 Å². The average Bonchev–Trinajstić information content (AvgIpc) is 3.37. The summed E-state index contributed by atoms with van der Waals surface area (Å²) in [6.07, 6.45) is 3.03. The molecule has 4 rings (SSSR count). The molecule has 0 bridgehead atoms. The van der Waals surface area contributed by atoms with E-state index in [0.717, 1.165) is 41.5 Å². The fourth-order valence-corrected chi connectivity index (χ4v) is 6.66. The number of rotatable bonds is 12. The number of anilines is 1. The molecule has 0 unspecified atom stereocenters. The number of carbonyl (C=O) groups is 1. The quantitative estimate of drug-likeness (QED) is 0.200. The zero-order valence-electron chi connectivity index (χ0n) is 21.4. The summed E-state index contributed by atoms with van der Waals surface area (Å²) in [7, 11) is -3.72. The van der Waals surface area contributed by atoms with Crippen molar-refractivity contribution in [1.29, 1.82) is 0 Å². The van der Waals surface area contributed by atoms with Crippen LogP contribution in [0.1, 0.15) is 10.4 Å². The molecule has 13 heteroatoms. The molecule has 1 saturated heterocycles. The summed E-state index contributed by atoms with van der Waals surface area (Å²) in [5.74, 6) is -0.268. The second-order valence-electron chi connectivity index (χ2n) is 8.91. The predicted octanol–water partition coefficient (Wildman–Crippen LogP) is 3.12. The summed E-state index contributed by atoms with van der Waals surface area (Å²) in [6.45, 7) is 11.8. The predicted molar refractivity (Wildman–Crippen MR) is 153 cm³/mol. The van der Waals surface area contributed by atoms with Crippen LogP contribution < -0.4 is 10.2 Å². The van der Waals surface area contributed by atoms with Crippen molar-refractivity contribution in [2.45, 2.75) is 4.90 Å². The Balaban J connectivity index is 1.25. The largest absolute Gasteiger partial charge is 0.351 e. The molecule has 0 radical (unpaired) electrons. The lowest BCUT2D eigenvalue weighted by Crippen LogP contribution is -2.48. The number of nitro groups is 1. The number of fused-ring (bicyclic) bond motifs is 1. The normalized spacial score (nSPS) is 14.4. The minimum Gasteiger partial charge on any atom is -0.351 e. The zero-order chi connectivity index (χ0) is 28.0. The van der Waals surface area contributed by atoms with Crippen LogP contribution in [-0.2, 0) is 10.0 Å². The third-order valence-electron chi connectivity index (χ3n) is 6.35. The van der Waals surface area contributed by atoms with Gasteiger partial charge in [0.15, 0.2) is 5.13 Å². The lowest BCUT2D eigenvalue weighted by Gasteiger charge is -2.34. The van der Waals surface area contributed by atoms with Crippen LogP contribution >= 0.6 is 11.3 Å². The summed E-state index contributed by atoms with van der Waals surface area (Å²) in [6, 6.07) is 10.6. The van der Waals surface area contributed by atoms with Gasteiger partial charge >= 0.3 is 0 Å². The number of aromatic nitrogens is 1. The van der Waals surface area contributed by atoms with Crippen LogP contribution in [-0.4, -0.2) is 85.8 Å². The standard InChI is InChI=1S/C26H30N6O5S2/c1-3-12-31(13-4-2)39(36,37)22-8-5-20(6-9-22)25(33)27-11-14-29-15-17-30(18-16-29)26-28-23-10-7-21(32(34)35)19-24(23)38-26/h3-10,19H,1-2,11-18H2,(H,27,33). The number of sulfonamides is 1. The Bertz CT molecular complexity index is 1450. The Kier molecular flexibility index (Phi) is 9.07. The molecular weight excluding hydrogens is 540 g/mol. The molecule has 0 atom stereocenters. The van der Waals surface area contributed by atoms with E-state index in [1.165, 1.54) is 58.1 Å². The summed E-state index contributed by atoms with van der Waals surface area (Å²) < 4.78 is 27.7. The Morgan fingerprint density at radius 1 is 1.10 bits per heavy atom. The molecule has 3 aromatic rings. The number of nitrogens with one attached hydrogen (secondary N) is 1. The summed E-state index contributed by atoms with van der Waals surface area (Å²) in [5, 5.41) is 14.8.